The molecule has 0 fully saturated rings. The van der Waals surface area contributed by atoms with Gasteiger partial charge in [-0.15, -0.1) is 0 Å². The predicted octanol–water partition coefficient (Wildman–Crippen LogP) is 2.88. The first-order valence-electron chi connectivity index (χ1n) is 6.97. The lowest BCUT2D eigenvalue weighted by Crippen LogP contribution is -2.18. The topological polar surface area (TPSA) is 115 Å². The Labute approximate surface area is 140 Å². The monoisotopic (exact) mass is 326 g/mol. The quantitative estimate of drug-likeness (QED) is 0.445. The highest BCUT2D eigenvalue weighted by molar-refractivity contribution is 6.13. The maximum atomic E-state index is 11.6. The lowest BCUT2D eigenvalue weighted by atomic mass is 10.0. The highest BCUT2D eigenvalue weighted by Crippen LogP contribution is 2.11. The number of quaternary nitrogens is 1. The summed E-state index contributed by atoms with van der Waals surface area (Å²) in [5.74, 6) is -1.79. The smallest absolute Gasteiger partial charge is 0.328 e. The molecule has 2 aromatic carbocycles. The van der Waals surface area contributed by atoms with Gasteiger partial charge in [0, 0.05) is 23.3 Å². The summed E-state index contributed by atoms with van der Waals surface area (Å²) in [5, 5.41) is 12.7. The van der Waals surface area contributed by atoms with Crippen LogP contribution in [0.15, 0.2) is 71.9 Å². The summed E-state index contributed by atoms with van der Waals surface area (Å²) >= 11 is 0. The largest absolute Gasteiger partial charge is 0.478 e. The van der Waals surface area contributed by atoms with Crippen molar-refractivity contribution in [3.8, 4) is 0 Å². The van der Waals surface area contributed by atoms with Gasteiger partial charge in [0.1, 0.15) is 0 Å². The molecule has 24 heavy (non-hydrogen) atoms. The van der Waals surface area contributed by atoms with Gasteiger partial charge in [0.2, 0.25) is 0 Å². The van der Waals surface area contributed by atoms with Crippen molar-refractivity contribution in [1.29, 1.82) is 0 Å². The Balaban J connectivity index is 0.00000288. The summed E-state index contributed by atoms with van der Waals surface area (Å²) in [5.41, 5.74) is 5.77. The minimum Gasteiger partial charge on any atom is -0.478 e. The number of aryl methyl sites for hydroxylation is 1. The van der Waals surface area contributed by atoms with E-state index in [-0.39, 0.29) is 6.15 Å². The molecule has 0 aromatic heterocycles. The molecule has 1 amide bonds. The maximum absolute atomic E-state index is 11.6. The molecule has 0 aliphatic carbocycles. The minimum atomic E-state index is -1.19. The van der Waals surface area contributed by atoms with E-state index in [2.05, 4.69) is 10.5 Å². The number of aliphatic carboxylic acids is 1. The van der Waals surface area contributed by atoms with Crippen molar-refractivity contribution >= 4 is 17.6 Å². The SMILES string of the molecule is Cc1ccc(/C(=N\NC(=O)/C=C\C(=O)O)c2ccccc2)cc1.[NH4+]. The van der Waals surface area contributed by atoms with E-state index in [1.54, 1.807) is 0 Å². The van der Waals surface area contributed by atoms with Gasteiger partial charge < -0.3 is 11.3 Å². The summed E-state index contributed by atoms with van der Waals surface area (Å²) in [6.45, 7) is 1.99. The third-order valence-corrected chi connectivity index (χ3v) is 3.03. The molecule has 0 aliphatic heterocycles. The van der Waals surface area contributed by atoms with Crippen LogP contribution in [0.1, 0.15) is 16.7 Å². The Kier molecular flexibility index (Phi) is 7.06. The summed E-state index contributed by atoms with van der Waals surface area (Å²) in [6, 6.07) is 17.2. The third-order valence-electron chi connectivity index (χ3n) is 3.03. The number of hydrogen-bond donors (Lipinski definition) is 3. The van der Waals surface area contributed by atoms with Crippen LogP contribution in [0.5, 0.6) is 0 Å². The zero-order valence-corrected chi connectivity index (χ0v) is 13.6. The van der Waals surface area contributed by atoms with Gasteiger partial charge in [0.15, 0.2) is 0 Å². The van der Waals surface area contributed by atoms with E-state index in [1.165, 1.54) is 0 Å². The summed E-state index contributed by atoms with van der Waals surface area (Å²) in [7, 11) is 0. The van der Waals surface area contributed by atoms with E-state index < -0.39 is 11.9 Å². The average Bonchev–Trinajstić information content (AvgIpc) is 2.55. The number of rotatable bonds is 5. The van der Waals surface area contributed by atoms with Gasteiger partial charge in [-0.3, -0.25) is 4.79 Å². The molecular formula is C18H20N3O3+. The molecule has 124 valence electrons. The highest BCUT2D eigenvalue weighted by Gasteiger charge is 2.07. The Hall–Kier alpha value is -3.25. The second-order valence-electron chi connectivity index (χ2n) is 4.84. The number of carboxylic acid groups (broad SMARTS) is 1. The molecule has 0 saturated carbocycles. The summed E-state index contributed by atoms with van der Waals surface area (Å²) in [6.07, 6.45) is 1.68. The molecular weight excluding hydrogens is 306 g/mol. The van der Waals surface area contributed by atoms with E-state index in [9.17, 15) is 9.59 Å². The number of hydrogen-bond acceptors (Lipinski definition) is 3. The summed E-state index contributed by atoms with van der Waals surface area (Å²) < 4.78 is 0. The van der Waals surface area contributed by atoms with Crippen LogP contribution in [0, 0.1) is 6.92 Å². The first-order valence-corrected chi connectivity index (χ1v) is 6.97. The fraction of sp³-hybridized carbons (Fsp3) is 0.0556. The van der Waals surface area contributed by atoms with Gasteiger partial charge in [-0.05, 0) is 6.92 Å². The van der Waals surface area contributed by atoms with Gasteiger partial charge in [0.05, 0.1) is 5.71 Å². The second-order valence-corrected chi connectivity index (χ2v) is 4.84. The molecule has 0 atom stereocenters. The Bertz CT molecular complexity index is 751. The first-order chi connectivity index (χ1) is 11.1. The van der Waals surface area contributed by atoms with Crippen molar-refractivity contribution in [2.24, 2.45) is 5.10 Å². The number of hydrazone groups is 1. The van der Waals surface area contributed by atoms with E-state index in [4.69, 9.17) is 5.11 Å². The molecule has 2 aromatic rings. The number of carboxylic acids is 1. The van der Waals surface area contributed by atoms with Crippen molar-refractivity contribution in [3.63, 3.8) is 0 Å². The molecule has 0 unspecified atom stereocenters. The van der Waals surface area contributed by atoms with Gasteiger partial charge in [-0.2, -0.15) is 5.10 Å². The van der Waals surface area contributed by atoms with E-state index in [1.807, 2.05) is 61.5 Å². The fourth-order valence-corrected chi connectivity index (χ4v) is 1.90. The van der Waals surface area contributed by atoms with Crippen LogP contribution in [0.25, 0.3) is 0 Å². The Morgan fingerprint density at radius 1 is 0.958 bits per heavy atom. The van der Waals surface area contributed by atoms with Crippen molar-refractivity contribution in [2.75, 3.05) is 0 Å². The number of carbonyl (C=O) groups excluding carboxylic acids is 1. The molecule has 0 bridgehead atoms. The van der Waals surface area contributed by atoms with Crippen molar-refractivity contribution in [1.82, 2.24) is 11.6 Å². The maximum Gasteiger partial charge on any atom is 0.328 e. The lowest BCUT2D eigenvalue weighted by Gasteiger charge is -2.07. The van der Waals surface area contributed by atoms with Gasteiger partial charge in [-0.1, -0.05) is 60.2 Å². The summed E-state index contributed by atoms with van der Waals surface area (Å²) in [4.78, 5) is 22.0. The van der Waals surface area contributed by atoms with Crippen LogP contribution >= 0.6 is 0 Å². The van der Waals surface area contributed by atoms with Gasteiger partial charge in [0.25, 0.3) is 5.91 Å². The van der Waals surface area contributed by atoms with E-state index in [0.29, 0.717) is 5.71 Å². The zero-order chi connectivity index (χ0) is 16.7. The molecule has 6 nitrogen and oxygen atoms in total. The molecule has 0 radical (unpaired) electrons. The van der Waals surface area contributed by atoms with Crippen LogP contribution in [0.2, 0.25) is 0 Å². The molecule has 2 rings (SSSR count). The molecule has 0 spiro atoms. The molecule has 0 heterocycles. The fourth-order valence-electron chi connectivity index (χ4n) is 1.90. The van der Waals surface area contributed by atoms with Crippen molar-refractivity contribution in [2.45, 2.75) is 6.92 Å². The van der Waals surface area contributed by atoms with Crippen LogP contribution in [0.4, 0.5) is 0 Å². The standard InChI is InChI=1S/C18H16N2O3.H3N/c1-13-7-9-15(10-8-13)18(14-5-3-2-4-6-14)20-19-16(21)11-12-17(22)23;/h2-12H,1H3,(H,19,21)(H,22,23);1H3/p+1/b12-11-,20-18-;. The zero-order valence-electron chi connectivity index (χ0n) is 13.6. The van der Waals surface area contributed by atoms with Crippen LogP contribution in [-0.4, -0.2) is 22.7 Å². The molecule has 0 saturated heterocycles. The first kappa shape index (κ1) is 18.8. The van der Waals surface area contributed by atoms with Gasteiger partial charge in [-0.25, -0.2) is 10.2 Å². The number of nitrogens with zero attached hydrogens (tertiary/aromatic N) is 1. The van der Waals surface area contributed by atoms with Crippen LogP contribution in [-0.2, 0) is 9.59 Å². The Morgan fingerprint density at radius 2 is 1.54 bits per heavy atom. The number of nitrogens with one attached hydrogen (secondary N) is 1. The molecule has 6 heteroatoms. The molecule has 0 aliphatic rings. The van der Waals surface area contributed by atoms with E-state index >= 15 is 0 Å². The van der Waals surface area contributed by atoms with E-state index in [0.717, 1.165) is 28.8 Å². The van der Waals surface area contributed by atoms with Gasteiger partial charge >= 0.3 is 5.97 Å². The minimum absolute atomic E-state index is 0. The van der Waals surface area contributed by atoms with Crippen molar-refractivity contribution in [3.05, 3.63) is 83.4 Å². The number of amides is 1. The molecule has 6 N–H and O–H groups in total. The van der Waals surface area contributed by atoms with Crippen LogP contribution in [0.3, 0.4) is 0 Å². The number of benzene rings is 2. The third kappa shape index (κ3) is 5.51. The normalized spacial score (nSPS) is 11.0. The van der Waals surface area contributed by atoms with Crippen molar-refractivity contribution < 1.29 is 14.7 Å². The highest BCUT2D eigenvalue weighted by atomic mass is 16.4. The second kappa shape index (κ2) is 9.02. The van der Waals surface area contributed by atoms with Crippen LogP contribution < -0.4 is 11.6 Å². The predicted molar refractivity (Wildman–Crippen MR) is 94.2 cm³/mol. The average molecular weight is 326 g/mol. The lowest BCUT2D eigenvalue weighted by molar-refractivity contribution is -0.131. The number of carbonyl (C=O) groups is 2. The Morgan fingerprint density at radius 3 is 2.12 bits per heavy atom.